The first-order chi connectivity index (χ1) is 12.3. The van der Waals surface area contributed by atoms with E-state index in [1.807, 2.05) is 36.5 Å². The molecule has 2 heterocycles. The number of nitrogens with zero attached hydrogens (tertiary/aromatic N) is 2. The summed E-state index contributed by atoms with van der Waals surface area (Å²) in [5.41, 5.74) is 0.226. The fraction of sp³-hybridized carbons (Fsp3) is 0.444. The number of halogens is 1. The molecule has 1 fully saturated rings. The zero-order chi connectivity index (χ0) is 17.5. The number of nitrogens with one attached hydrogen (secondary N) is 2. The highest BCUT2D eigenvalue weighted by Gasteiger charge is 2.41. The lowest BCUT2D eigenvalue weighted by Gasteiger charge is -2.36. The molecule has 142 valence electrons. The van der Waals surface area contributed by atoms with Gasteiger partial charge in [-0.05, 0) is 38.1 Å². The fourth-order valence-corrected chi connectivity index (χ4v) is 3.21. The third-order valence-corrected chi connectivity index (χ3v) is 4.56. The maximum Gasteiger partial charge on any atom is 0.248 e. The summed E-state index contributed by atoms with van der Waals surface area (Å²) < 4.78 is 7.31. The van der Waals surface area contributed by atoms with Crippen molar-refractivity contribution in [2.45, 2.75) is 24.9 Å². The zero-order valence-corrected chi connectivity index (χ0v) is 15.4. The van der Waals surface area contributed by atoms with E-state index >= 15 is 0 Å². The molecule has 0 radical (unpaired) electrons. The van der Waals surface area contributed by atoms with Crippen LogP contribution in [0.15, 0.2) is 42.7 Å². The van der Waals surface area contributed by atoms with Crippen LogP contribution in [0.25, 0.3) is 0 Å². The predicted molar refractivity (Wildman–Crippen MR) is 100 cm³/mol. The molecule has 1 saturated heterocycles. The number of amides is 1. The Morgan fingerprint density at radius 1 is 1.31 bits per heavy atom. The van der Waals surface area contributed by atoms with Gasteiger partial charge in [0.25, 0.3) is 0 Å². The van der Waals surface area contributed by atoms with Crippen molar-refractivity contribution in [2.75, 3.05) is 26.3 Å². The van der Waals surface area contributed by atoms with Gasteiger partial charge >= 0.3 is 0 Å². The first kappa shape index (κ1) is 20.2. The van der Waals surface area contributed by atoms with Crippen molar-refractivity contribution in [3.63, 3.8) is 0 Å². The number of carbonyl (C=O) groups excluding carboxylic acids is 1. The molecule has 1 aliphatic rings. The third kappa shape index (κ3) is 4.35. The van der Waals surface area contributed by atoms with Crippen molar-refractivity contribution in [1.29, 1.82) is 0 Å². The van der Waals surface area contributed by atoms with Gasteiger partial charge in [-0.3, -0.25) is 9.48 Å². The first-order valence-corrected chi connectivity index (χ1v) is 8.57. The van der Waals surface area contributed by atoms with Crippen LogP contribution in [0.4, 0.5) is 0 Å². The molecule has 1 aromatic heterocycles. The van der Waals surface area contributed by atoms with Crippen LogP contribution in [0.1, 0.15) is 18.4 Å². The van der Waals surface area contributed by atoms with E-state index in [0.717, 1.165) is 18.7 Å². The van der Waals surface area contributed by atoms with Crippen molar-refractivity contribution >= 4 is 18.3 Å². The minimum absolute atomic E-state index is 0. The number of aliphatic hydroxyl groups excluding tert-OH is 1. The lowest BCUT2D eigenvalue weighted by atomic mass is 9.87. The second-order valence-electron chi connectivity index (χ2n) is 6.09. The van der Waals surface area contributed by atoms with E-state index in [0.29, 0.717) is 25.1 Å². The molecule has 0 bridgehead atoms. The van der Waals surface area contributed by atoms with Crippen LogP contribution in [-0.4, -0.2) is 47.1 Å². The van der Waals surface area contributed by atoms with E-state index in [1.54, 1.807) is 10.9 Å². The number of hydrogen-bond donors (Lipinski definition) is 3. The highest BCUT2D eigenvalue weighted by Crippen LogP contribution is 2.27. The molecule has 3 rings (SSSR count). The van der Waals surface area contributed by atoms with Crippen LogP contribution < -0.4 is 15.4 Å². The van der Waals surface area contributed by atoms with E-state index in [-0.39, 0.29) is 31.5 Å². The van der Waals surface area contributed by atoms with Gasteiger partial charge in [-0.15, -0.1) is 12.4 Å². The van der Waals surface area contributed by atoms with E-state index in [9.17, 15) is 4.79 Å². The quantitative estimate of drug-likeness (QED) is 0.668. The van der Waals surface area contributed by atoms with Crippen LogP contribution in [0.2, 0.25) is 0 Å². The summed E-state index contributed by atoms with van der Waals surface area (Å²) in [5, 5.41) is 19.6. The summed E-state index contributed by atoms with van der Waals surface area (Å²) in [6.45, 7) is 2.12. The highest BCUT2D eigenvalue weighted by molar-refractivity contribution is 5.85. The SMILES string of the molecule is Cl.O=C(NCc1ccccc1OCCO)C1(n2cccn2)CCNCC1. The minimum atomic E-state index is -0.657. The van der Waals surface area contributed by atoms with Crippen molar-refractivity contribution in [3.05, 3.63) is 48.3 Å². The summed E-state index contributed by atoms with van der Waals surface area (Å²) in [7, 11) is 0. The van der Waals surface area contributed by atoms with Gasteiger partial charge in [0, 0.05) is 24.5 Å². The van der Waals surface area contributed by atoms with Gasteiger partial charge in [0.1, 0.15) is 17.9 Å². The monoisotopic (exact) mass is 380 g/mol. The Morgan fingerprint density at radius 3 is 2.77 bits per heavy atom. The van der Waals surface area contributed by atoms with E-state index in [4.69, 9.17) is 9.84 Å². The standard InChI is InChI=1S/C18H24N4O3.ClH/c23-12-13-25-16-5-2-1-4-15(16)14-20-17(24)18(6-9-19-10-7-18)22-11-3-8-21-22;/h1-5,8,11,19,23H,6-7,9-10,12-14H2,(H,20,24);1H. The number of aliphatic hydroxyl groups is 1. The molecule has 3 N–H and O–H groups in total. The molecule has 0 aliphatic carbocycles. The molecule has 0 unspecified atom stereocenters. The summed E-state index contributed by atoms with van der Waals surface area (Å²) in [6.07, 6.45) is 4.95. The molecule has 1 aromatic carbocycles. The largest absolute Gasteiger partial charge is 0.491 e. The predicted octanol–water partition coefficient (Wildman–Crippen LogP) is 1.07. The molecule has 0 saturated carbocycles. The second kappa shape index (κ2) is 9.56. The number of para-hydroxylation sites is 1. The van der Waals surface area contributed by atoms with Crippen molar-refractivity contribution in [3.8, 4) is 5.75 Å². The molecule has 0 atom stereocenters. The Balaban J connectivity index is 0.00000243. The van der Waals surface area contributed by atoms with E-state index < -0.39 is 5.54 Å². The van der Waals surface area contributed by atoms with E-state index in [2.05, 4.69) is 15.7 Å². The van der Waals surface area contributed by atoms with Crippen LogP contribution in [0.5, 0.6) is 5.75 Å². The van der Waals surface area contributed by atoms with Crippen LogP contribution >= 0.6 is 12.4 Å². The summed E-state index contributed by atoms with van der Waals surface area (Å²) >= 11 is 0. The summed E-state index contributed by atoms with van der Waals surface area (Å²) in [6, 6.07) is 9.37. The minimum Gasteiger partial charge on any atom is -0.491 e. The molecule has 2 aromatic rings. The van der Waals surface area contributed by atoms with Gasteiger partial charge in [0.2, 0.25) is 5.91 Å². The second-order valence-corrected chi connectivity index (χ2v) is 6.09. The molecule has 1 aliphatic heterocycles. The third-order valence-electron chi connectivity index (χ3n) is 4.56. The molecule has 26 heavy (non-hydrogen) atoms. The Hall–Kier alpha value is -2.09. The zero-order valence-electron chi connectivity index (χ0n) is 14.6. The van der Waals surface area contributed by atoms with Crippen molar-refractivity contribution in [2.24, 2.45) is 0 Å². The lowest BCUT2D eigenvalue weighted by molar-refractivity contribution is -0.132. The number of carbonyl (C=O) groups is 1. The maximum absolute atomic E-state index is 13.0. The Bertz CT molecular complexity index is 688. The van der Waals surface area contributed by atoms with Gasteiger partial charge in [0.05, 0.1) is 6.61 Å². The molecule has 7 nitrogen and oxygen atoms in total. The van der Waals surface area contributed by atoms with Gasteiger partial charge < -0.3 is 20.5 Å². The van der Waals surface area contributed by atoms with Gasteiger partial charge in [-0.25, -0.2) is 0 Å². The van der Waals surface area contributed by atoms with E-state index in [1.165, 1.54) is 0 Å². The fourth-order valence-electron chi connectivity index (χ4n) is 3.21. The highest BCUT2D eigenvalue weighted by atomic mass is 35.5. The molecule has 0 spiro atoms. The topological polar surface area (TPSA) is 88.4 Å². The summed E-state index contributed by atoms with van der Waals surface area (Å²) in [4.78, 5) is 13.0. The van der Waals surface area contributed by atoms with Crippen LogP contribution in [0, 0.1) is 0 Å². The molecule has 8 heteroatoms. The van der Waals surface area contributed by atoms with Gasteiger partial charge in [-0.1, -0.05) is 18.2 Å². The smallest absolute Gasteiger partial charge is 0.248 e. The van der Waals surface area contributed by atoms with Crippen molar-refractivity contribution in [1.82, 2.24) is 20.4 Å². The van der Waals surface area contributed by atoms with Crippen LogP contribution in [0.3, 0.4) is 0 Å². The first-order valence-electron chi connectivity index (χ1n) is 8.57. The summed E-state index contributed by atoms with van der Waals surface area (Å²) in [5.74, 6) is 0.643. The number of ether oxygens (including phenoxy) is 1. The average Bonchev–Trinajstić information content (AvgIpc) is 3.21. The molecular weight excluding hydrogens is 356 g/mol. The Labute approximate surface area is 159 Å². The molecule has 1 amide bonds. The Morgan fingerprint density at radius 2 is 2.08 bits per heavy atom. The maximum atomic E-state index is 13.0. The van der Waals surface area contributed by atoms with Crippen molar-refractivity contribution < 1.29 is 14.6 Å². The van der Waals surface area contributed by atoms with Gasteiger partial charge in [0.15, 0.2) is 0 Å². The average molecular weight is 381 g/mol. The Kier molecular flexibility index (Phi) is 7.44. The number of benzene rings is 1. The number of aromatic nitrogens is 2. The van der Waals surface area contributed by atoms with Gasteiger partial charge in [-0.2, -0.15) is 5.10 Å². The number of hydrogen-bond acceptors (Lipinski definition) is 5. The lowest BCUT2D eigenvalue weighted by Crippen LogP contribution is -2.54. The number of rotatable bonds is 7. The van der Waals surface area contributed by atoms with Crippen LogP contribution in [-0.2, 0) is 16.9 Å². The normalized spacial score (nSPS) is 15.7. The molecular formula is C18H25ClN4O3. The number of piperidine rings is 1.